The van der Waals surface area contributed by atoms with Crippen LogP contribution in [0.15, 0.2) is 79.4 Å². The standard InChI is InChI=1S/C23H20O4/c1-2-17-8-10-19(11-9-17)16-27-22-13-20(23(24)25)12-21(14-22)26-15-18-6-4-3-5-7-18/h2-14H,1,15-16H2,(H,24,25). The number of hydrogen-bond donors (Lipinski definition) is 1. The zero-order chi connectivity index (χ0) is 19.1. The highest BCUT2D eigenvalue weighted by Crippen LogP contribution is 2.25. The third-order valence-electron chi connectivity index (χ3n) is 4.00. The predicted octanol–water partition coefficient (Wildman–Crippen LogP) is 5.19. The minimum absolute atomic E-state index is 0.123. The molecule has 0 heterocycles. The number of hydrogen-bond acceptors (Lipinski definition) is 3. The predicted molar refractivity (Wildman–Crippen MR) is 105 cm³/mol. The van der Waals surface area contributed by atoms with E-state index >= 15 is 0 Å². The van der Waals surface area contributed by atoms with E-state index in [1.54, 1.807) is 12.1 Å². The van der Waals surface area contributed by atoms with Gasteiger partial charge in [0.15, 0.2) is 0 Å². The van der Waals surface area contributed by atoms with Gasteiger partial charge in [0.1, 0.15) is 24.7 Å². The van der Waals surface area contributed by atoms with Gasteiger partial charge in [0.05, 0.1) is 5.56 Å². The molecule has 0 aliphatic rings. The number of carbonyl (C=O) groups is 1. The molecule has 4 heteroatoms. The molecule has 136 valence electrons. The Morgan fingerprint density at radius 2 is 1.41 bits per heavy atom. The van der Waals surface area contributed by atoms with E-state index in [4.69, 9.17) is 9.47 Å². The smallest absolute Gasteiger partial charge is 0.335 e. The fourth-order valence-electron chi connectivity index (χ4n) is 2.52. The summed E-state index contributed by atoms with van der Waals surface area (Å²) in [6.07, 6.45) is 1.78. The molecule has 1 N–H and O–H groups in total. The third-order valence-corrected chi connectivity index (χ3v) is 4.00. The second-order valence-electron chi connectivity index (χ2n) is 6.01. The zero-order valence-corrected chi connectivity index (χ0v) is 14.8. The van der Waals surface area contributed by atoms with E-state index in [0.29, 0.717) is 24.7 Å². The fraction of sp³-hybridized carbons (Fsp3) is 0.0870. The number of aromatic carboxylic acids is 1. The van der Waals surface area contributed by atoms with Crippen molar-refractivity contribution in [1.82, 2.24) is 0 Å². The van der Waals surface area contributed by atoms with Crippen LogP contribution < -0.4 is 9.47 Å². The Morgan fingerprint density at radius 1 is 0.852 bits per heavy atom. The van der Waals surface area contributed by atoms with E-state index < -0.39 is 5.97 Å². The molecule has 0 unspecified atom stereocenters. The number of carboxylic acid groups (broad SMARTS) is 1. The van der Waals surface area contributed by atoms with E-state index in [-0.39, 0.29) is 5.56 Å². The van der Waals surface area contributed by atoms with Gasteiger partial charge in [0, 0.05) is 6.07 Å². The normalized spacial score (nSPS) is 10.2. The van der Waals surface area contributed by atoms with Crippen molar-refractivity contribution < 1.29 is 19.4 Å². The van der Waals surface area contributed by atoms with Crippen molar-refractivity contribution in [2.75, 3.05) is 0 Å². The van der Waals surface area contributed by atoms with Crippen molar-refractivity contribution in [2.24, 2.45) is 0 Å². The number of rotatable bonds is 8. The van der Waals surface area contributed by atoms with E-state index in [9.17, 15) is 9.90 Å². The summed E-state index contributed by atoms with van der Waals surface area (Å²) in [7, 11) is 0. The molecule has 0 fully saturated rings. The molecule has 0 saturated carbocycles. The Labute approximate surface area is 158 Å². The molecule has 4 nitrogen and oxygen atoms in total. The summed E-state index contributed by atoms with van der Waals surface area (Å²) >= 11 is 0. The zero-order valence-electron chi connectivity index (χ0n) is 14.8. The molecule has 0 saturated heterocycles. The van der Waals surface area contributed by atoms with E-state index in [1.165, 1.54) is 12.1 Å². The average molecular weight is 360 g/mol. The fourth-order valence-corrected chi connectivity index (χ4v) is 2.52. The number of benzene rings is 3. The number of ether oxygens (including phenoxy) is 2. The van der Waals surface area contributed by atoms with Crippen LogP contribution in [0.25, 0.3) is 6.08 Å². The molecule has 0 spiro atoms. The lowest BCUT2D eigenvalue weighted by Crippen LogP contribution is -2.02. The second kappa shape index (κ2) is 8.72. The summed E-state index contributed by atoms with van der Waals surface area (Å²) in [5, 5.41) is 9.34. The highest BCUT2D eigenvalue weighted by molar-refractivity contribution is 5.88. The van der Waals surface area contributed by atoms with Gasteiger partial charge in [-0.3, -0.25) is 0 Å². The summed E-state index contributed by atoms with van der Waals surface area (Å²) in [4.78, 5) is 11.4. The highest BCUT2D eigenvalue weighted by atomic mass is 16.5. The maximum absolute atomic E-state index is 11.4. The van der Waals surface area contributed by atoms with Gasteiger partial charge in [-0.1, -0.05) is 67.3 Å². The van der Waals surface area contributed by atoms with Gasteiger partial charge in [-0.2, -0.15) is 0 Å². The molecule has 0 radical (unpaired) electrons. The first kappa shape index (κ1) is 18.3. The van der Waals surface area contributed by atoms with Crippen molar-refractivity contribution >= 4 is 12.0 Å². The first-order valence-corrected chi connectivity index (χ1v) is 8.53. The summed E-state index contributed by atoms with van der Waals surface area (Å²) in [6, 6.07) is 22.2. The first-order valence-electron chi connectivity index (χ1n) is 8.53. The molecular weight excluding hydrogens is 340 g/mol. The Morgan fingerprint density at radius 3 is 1.93 bits per heavy atom. The monoisotopic (exact) mass is 360 g/mol. The Kier molecular flexibility index (Phi) is 5.90. The minimum atomic E-state index is -1.03. The maximum Gasteiger partial charge on any atom is 0.335 e. The number of carboxylic acids is 1. The van der Waals surface area contributed by atoms with Gasteiger partial charge in [0.2, 0.25) is 0 Å². The SMILES string of the molecule is C=Cc1ccc(COc2cc(OCc3ccccc3)cc(C(=O)O)c2)cc1. The average Bonchev–Trinajstić information content (AvgIpc) is 2.71. The van der Waals surface area contributed by atoms with Gasteiger partial charge >= 0.3 is 5.97 Å². The largest absolute Gasteiger partial charge is 0.489 e. The van der Waals surface area contributed by atoms with Gasteiger partial charge in [-0.05, 0) is 28.8 Å². The van der Waals surface area contributed by atoms with E-state index in [0.717, 1.165) is 16.7 Å². The van der Waals surface area contributed by atoms with E-state index in [2.05, 4.69) is 6.58 Å². The Bertz CT molecular complexity index is 915. The van der Waals surface area contributed by atoms with Gasteiger partial charge in [-0.25, -0.2) is 4.79 Å². The van der Waals surface area contributed by atoms with Gasteiger partial charge in [0.25, 0.3) is 0 Å². The molecule has 3 rings (SSSR count). The molecule has 0 bridgehead atoms. The minimum Gasteiger partial charge on any atom is -0.489 e. The lowest BCUT2D eigenvalue weighted by atomic mass is 10.1. The highest BCUT2D eigenvalue weighted by Gasteiger charge is 2.09. The Balaban J connectivity index is 1.72. The molecule has 0 aromatic heterocycles. The summed E-state index contributed by atoms with van der Waals surface area (Å²) < 4.78 is 11.5. The quantitative estimate of drug-likeness (QED) is 0.601. The first-order chi connectivity index (χ1) is 13.1. The molecule has 3 aromatic rings. The lowest BCUT2D eigenvalue weighted by Gasteiger charge is -2.11. The third kappa shape index (κ3) is 5.22. The van der Waals surface area contributed by atoms with Gasteiger partial charge in [-0.15, -0.1) is 0 Å². The van der Waals surface area contributed by atoms with Crippen LogP contribution in [-0.2, 0) is 13.2 Å². The van der Waals surface area contributed by atoms with Crippen molar-refractivity contribution in [3.8, 4) is 11.5 Å². The van der Waals surface area contributed by atoms with E-state index in [1.807, 2.05) is 54.6 Å². The van der Waals surface area contributed by atoms with Crippen molar-refractivity contribution in [2.45, 2.75) is 13.2 Å². The molecule has 0 aliphatic carbocycles. The molecule has 27 heavy (non-hydrogen) atoms. The summed E-state index contributed by atoms with van der Waals surface area (Å²) in [5.74, 6) is -0.123. The van der Waals surface area contributed by atoms with Crippen LogP contribution in [0, 0.1) is 0 Å². The van der Waals surface area contributed by atoms with Crippen LogP contribution in [0.5, 0.6) is 11.5 Å². The van der Waals surface area contributed by atoms with Crippen LogP contribution in [-0.4, -0.2) is 11.1 Å². The van der Waals surface area contributed by atoms with Crippen molar-refractivity contribution in [3.05, 3.63) is 102 Å². The molecule has 0 aliphatic heterocycles. The van der Waals surface area contributed by atoms with Crippen molar-refractivity contribution in [3.63, 3.8) is 0 Å². The van der Waals surface area contributed by atoms with Gasteiger partial charge < -0.3 is 14.6 Å². The topological polar surface area (TPSA) is 55.8 Å². The molecule has 0 atom stereocenters. The second-order valence-corrected chi connectivity index (χ2v) is 6.01. The van der Waals surface area contributed by atoms with Crippen LogP contribution >= 0.6 is 0 Å². The van der Waals surface area contributed by atoms with Crippen LogP contribution in [0.3, 0.4) is 0 Å². The lowest BCUT2D eigenvalue weighted by molar-refractivity contribution is 0.0695. The van der Waals surface area contributed by atoms with Crippen molar-refractivity contribution in [1.29, 1.82) is 0 Å². The van der Waals surface area contributed by atoms with Crippen LogP contribution in [0.1, 0.15) is 27.0 Å². The van der Waals surface area contributed by atoms with Crippen LogP contribution in [0.2, 0.25) is 0 Å². The van der Waals surface area contributed by atoms with Crippen LogP contribution in [0.4, 0.5) is 0 Å². The molecule has 0 amide bonds. The molecular formula is C23H20O4. The molecule has 3 aromatic carbocycles. The summed E-state index contributed by atoms with van der Waals surface area (Å²) in [5.41, 5.74) is 3.14. The summed E-state index contributed by atoms with van der Waals surface area (Å²) in [6.45, 7) is 4.41. The maximum atomic E-state index is 11.4. The Hall–Kier alpha value is -3.53.